The lowest BCUT2D eigenvalue weighted by molar-refractivity contribution is -0.136. The molecule has 1 aromatic carbocycles. The number of methoxy groups -OCH3 is 1. The normalized spacial score (nSPS) is 17.3. The second kappa shape index (κ2) is 7.28. The van der Waals surface area contributed by atoms with Gasteiger partial charge in [-0.25, -0.2) is 0 Å². The van der Waals surface area contributed by atoms with Crippen molar-refractivity contribution in [2.24, 2.45) is 0 Å². The Balaban J connectivity index is 1.85. The molecule has 2 rings (SSSR count). The summed E-state index contributed by atoms with van der Waals surface area (Å²) in [7, 11) is 1.50. The molecule has 0 aromatic heterocycles. The fourth-order valence-electron chi connectivity index (χ4n) is 2.02. The van der Waals surface area contributed by atoms with Crippen LogP contribution < -0.4 is 15.4 Å². The van der Waals surface area contributed by atoms with E-state index in [1.165, 1.54) is 13.2 Å². The number of benzene rings is 1. The maximum atomic E-state index is 11.7. The fraction of sp³-hybridized carbons (Fsp3) is 0.429. The number of halogens is 1. The van der Waals surface area contributed by atoms with Crippen LogP contribution in [0.3, 0.4) is 0 Å². The molecule has 2 amide bonds. The van der Waals surface area contributed by atoms with E-state index in [0.29, 0.717) is 29.6 Å². The standard InChI is InChI=1S/C14H17ClN2O4/c1-20-12-5-4-9(7-11(12)15)17-14(19)13(18)16-8-10-3-2-6-21-10/h4-5,7,10H,2-3,6,8H2,1H3,(H,16,18)(H,17,19). The molecule has 1 saturated heterocycles. The molecular weight excluding hydrogens is 296 g/mol. The molecule has 1 aliphatic rings. The van der Waals surface area contributed by atoms with Crippen LogP contribution in [0.1, 0.15) is 12.8 Å². The molecule has 0 saturated carbocycles. The first kappa shape index (κ1) is 15.6. The third-order valence-corrected chi connectivity index (χ3v) is 3.43. The molecule has 0 radical (unpaired) electrons. The SMILES string of the molecule is COc1ccc(NC(=O)C(=O)NCC2CCCO2)cc1Cl. The molecule has 1 fully saturated rings. The average molecular weight is 313 g/mol. The van der Waals surface area contributed by atoms with Crippen molar-refractivity contribution in [3.63, 3.8) is 0 Å². The molecule has 6 nitrogen and oxygen atoms in total. The van der Waals surface area contributed by atoms with Gasteiger partial charge in [-0.15, -0.1) is 0 Å². The first-order valence-corrected chi connectivity index (χ1v) is 7.02. The molecule has 0 spiro atoms. The van der Waals surface area contributed by atoms with Crippen LogP contribution >= 0.6 is 11.6 Å². The summed E-state index contributed by atoms with van der Waals surface area (Å²) in [5.41, 5.74) is 0.429. The number of amides is 2. The van der Waals surface area contributed by atoms with Crippen LogP contribution in [0.2, 0.25) is 5.02 Å². The molecule has 0 bridgehead atoms. The Kier molecular flexibility index (Phi) is 5.41. The third kappa shape index (κ3) is 4.34. The van der Waals surface area contributed by atoms with Gasteiger partial charge in [-0.1, -0.05) is 11.6 Å². The zero-order valence-electron chi connectivity index (χ0n) is 11.6. The lowest BCUT2D eigenvalue weighted by Crippen LogP contribution is -2.39. The zero-order valence-corrected chi connectivity index (χ0v) is 12.4. The smallest absolute Gasteiger partial charge is 0.313 e. The minimum absolute atomic E-state index is 0.00261. The van der Waals surface area contributed by atoms with Gasteiger partial charge in [0.15, 0.2) is 0 Å². The van der Waals surface area contributed by atoms with Crippen LogP contribution in [0.4, 0.5) is 5.69 Å². The monoisotopic (exact) mass is 312 g/mol. The second-order valence-electron chi connectivity index (χ2n) is 4.65. The van der Waals surface area contributed by atoms with Crippen molar-refractivity contribution in [2.45, 2.75) is 18.9 Å². The molecule has 114 valence electrons. The molecule has 0 aliphatic carbocycles. The Bertz CT molecular complexity index is 530. The van der Waals surface area contributed by atoms with Gasteiger partial charge in [-0.2, -0.15) is 0 Å². The second-order valence-corrected chi connectivity index (χ2v) is 5.06. The molecule has 7 heteroatoms. The van der Waals surface area contributed by atoms with Crippen molar-refractivity contribution < 1.29 is 19.1 Å². The summed E-state index contributed by atoms with van der Waals surface area (Å²) < 4.78 is 10.4. The number of rotatable bonds is 4. The Labute approximate surface area is 127 Å². The fourth-order valence-corrected chi connectivity index (χ4v) is 2.28. The summed E-state index contributed by atoms with van der Waals surface area (Å²) in [5, 5.41) is 5.38. The Hall–Kier alpha value is -1.79. The van der Waals surface area contributed by atoms with Crippen LogP contribution in [0.25, 0.3) is 0 Å². The summed E-state index contributed by atoms with van der Waals surface area (Å²) in [6.45, 7) is 1.05. The van der Waals surface area contributed by atoms with E-state index in [9.17, 15) is 9.59 Å². The van der Waals surface area contributed by atoms with Crippen LogP contribution in [-0.4, -0.2) is 38.2 Å². The largest absolute Gasteiger partial charge is 0.495 e. The molecule has 1 aliphatic heterocycles. The number of ether oxygens (including phenoxy) is 2. The molecule has 1 atom stereocenters. The van der Waals surface area contributed by atoms with E-state index in [-0.39, 0.29) is 6.10 Å². The average Bonchev–Trinajstić information content (AvgIpc) is 2.98. The van der Waals surface area contributed by atoms with Crippen molar-refractivity contribution in [3.05, 3.63) is 23.2 Å². The van der Waals surface area contributed by atoms with Gasteiger partial charge in [-0.05, 0) is 31.0 Å². The predicted octanol–water partition coefficient (Wildman–Crippen LogP) is 1.58. The van der Waals surface area contributed by atoms with E-state index in [0.717, 1.165) is 12.8 Å². The minimum Gasteiger partial charge on any atom is -0.495 e. The number of hydrogen-bond donors (Lipinski definition) is 2. The first-order chi connectivity index (χ1) is 10.1. The number of carbonyl (C=O) groups is 2. The van der Waals surface area contributed by atoms with Crippen LogP contribution in [0.5, 0.6) is 5.75 Å². The lowest BCUT2D eigenvalue weighted by Gasteiger charge is -2.11. The molecule has 1 aromatic rings. The van der Waals surface area contributed by atoms with E-state index in [4.69, 9.17) is 21.1 Å². The van der Waals surface area contributed by atoms with Crippen LogP contribution in [0, 0.1) is 0 Å². The van der Waals surface area contributed by atoms with Gasteiger partial charge < -0.3 is 20.1 Å². The highest BCUT2D eigenvalue weighted by Crippen LogP contribution is 2.27. The molecule has 2 N–H and O–H groups in total. The van der Waals surface area contributed by atoms with Gasteiger partial charge in [0.05, 0.1) is 18.2 Å². The zero-order chi connectivity index (χ0) is 15.2. The minimum atomic E-state index is -0.741. The highest BCUT2D eigenvalue weighted by atomic mass is 35.5. The van der Waals surface area contributed by atoms with E-state index in [2.05, 4.69) is 10.6 Å². The molecule has 21 heavy (non-hydrogen) atoms. The summed E-state index contributed by atoms with van der Waals surface area (Å²) >= 11 is 5.95. The quantitative estimate of drug-likeness (QED) is 0.828. The summed E-state index contributed by atoms with van der Waals surface area (Å²) in [4.78, 5) is 23.4. The summed E-state index contributed by atoms with van der Waals surface area (Å²) in [6, 6.07) is 4.74. The lowest BCUT2D eigenvalue weighted by atomic mass is 10.2. The van der Waals surface area contributed by atoms with E-state index in [1.807, 2.05) is 0 Å². The van der Waals surface area contributed by atoms with Gasteiger partial charge in [0.2, 0.25) is 0 Å². The number of carbonyl (C=O) groups excluding carboxylic acids is 2. The number of hydrogen-bond acceptors (Lipinski definition) is 4. The molecule has 1 unspecified atom stereocenters. The third-order valence-electron chi connectivity index (χ3n) is 3.13. The maximum absolute atomic E-state index is 11.7. The topological polar surface area (TPSA) is 76.7 Å². The summed E-state index contributed by atoms with van der Waals surface area (Å²) in [5.74, 6) is -0.941. The first-order valence-electron chi connectivity index (χ1n) is 6.64. The van der Waals surface area contributed by atoms with Crippen molar-refractivity contribution in [3.8, 4) is 5.75 Å². The van der Waals surface area contributed by atoms with Gasteiger partial charge in [0.25, 0.3) is 0 Å². The number of anilines is 1. The predicted molar refractivity (Wildman–Crippen MR) is 78.6 cm³/mol. The van der Waals surface area contributed by atoms with Gasteiger partial charge in [0.1, 0.15) is 5.75 Å². The van der Waals surface area contributed by atoms with Crippen molar-refractivity contribution in [1.82, 2.24) is 5.32 Å². The highest BCUT2D eigenvalue weighted by Gasteiger charge is 2.19. The molecule has 1 heterocycles. The highest BCUT2D eigenvalue weighted by molar-refractivity contribution is 6.40. The van der Waals surface area contributed by atoms with Crippen molar-refractivity contribution >= 4 is 29.1 Å². The Morgan fingerprint density at radius 2 is 2.24 bits per heavy atom. The van der Waals surface area contributed by atoms with Gasteiger partial charge >= 0.3 is 11.8 Å². The van der Waals surface area contributed by atoms with E-state index >= 15 is 0 Å². The summed E-state index contributed by atoms with van der Waals surface area (Å²) in [6.07, 6.45) is 1.88. The van der Waals surface area contributed by atoms with Crippen molar-refractivity contribution in [1.29, 1.82) is 0 Å². The van der Waals surface area contributed by atoms with Crippen molar-refractivity contribution in [2.75, 3.05) is 25.6 Å². The Morgan fingerprint density at radius 1 is 1.43 bits per heavy atom. The van der Waals surface area contributed by atoms with E-state index < -0.39 is 11.8 Å². The van der Waals surface area contributed by atoms with Crippen LogP contribution in [-0.2, 0) is 14.3 Å². The van der Waals surface area contributed by atoms with Gasteiger partial charge in [-0.3, -0.25) is 9.59 Å². The molecular formula is C14H17ClN2O4. The van der Waals surface area contributed by atoms with Crippen LogP contribution in [0.15, 0.2) is 18.2 Å². The number of nitrogens with one attached hydrogen (secondary N) is 2. The van der Waals surface area contributed by atoms with Gasteiger partial charge in [0, 0.05) is 18.8 Å². The maximum Gasteiger partial charge on any atom is 0.313 e. The van der Waals surface area contributed by atoms with E-state index in [1.54, 1.807) is 12.1 Å². The Morgan fingerprint density at radius 3 is 2.86 bits per heavy atom.